The van der Waals surface area contributed by atoms with Crippen LogP contribution in [0.25, 0.3) is 112 Å². The van der Waals surface area contributed by atoms with Crippen molar-refractivity contribution in [3.05, 3.63) is 212 Å². The molecule has 62 heavy (non-hydrogen) atoms. The average molecular weight is 794 g/mol. The van der Waals surface area contributed by atoms with Crippen LogP contribution in [0, 0.1) is 0 Å². The molecular formula is C55H35N7. The third-order valence-corrected chi connectivity index (χ3v) is 11.6. The van der Waals surface area contributed by atoms with E-state index in [0.29, 0.717) is 23.5 Å². The van der Waals surface area contributed by atoms with Crippen LogP contribution in [0.4, 0.5) is 0 Å². The first-order chi connectivity index (χ1) is 30.7. The van der Waals surface area contributed by atoms with Crippen molar-refractivity contribution in [2.45, 2.75) is 0 Å². The molecule has 0 saturated heterocycles. The standard InChI is InChI=1S/C55H35N7/c1-5-17-36(18-6-1)46-35-47(37-19-7-2-8-20-37)57-54(56-46)62-48-27-15-13-25-42(48)44-31-29-41(34-51(44)62)40-30-32-50-45(33-40)43-26-14-16-28-49(43)61(50)55-59-52(38-21-9-3-10-22-38)58-53(60-55)39-23-11-4-12-24-39/h1-35H. The zero-order valence-electron chi connectivity index (χ0n) is 33.3. The fourth-order valence-electron chi connectivity index (χ4n) is 8.68. The van der Waals surface area contributed by atoms with Gasteiger partial charge < -0.3 is 0 Å². The van der Waals surface area contributed by atoms with E-state index in [4.69, 9.17) is 24.9 Å². The van der Waals surface area contributed by atoms with E-state index < -0.39 is 0 Å². The maximum atomic E-state index is 5.26. The quantitative estimate of drug-likeness (QED) is 0.161. The van der Waals surface area contributed by atoms with Gasteiger partial charge in [-0.05, 0) is 47.5 Å². The Balaban J connectivity index is 1.05. The highest BCUT2D eigenvalue weighted by atomic mass is 15.2. The summed E-state index contributed by atoms with van der Waals surface area (Å²) in [6.07, 6.45) is 0. The lowest BCUT2D eigenvalue weighted by Gasteiger charge is -2.12. The third kappa shape index (κ3) is 6.02. The van der Waals surface area contributed by atoms with Gasteiger partial charge in [0, 0.05) is 43.8 Å². The fourth-order valence-corrected chi connectivity index (χ4v) is 8.68. The Bertz CT molecular complexity index is 3500. The molecule has 4 aromatic heterocycles. The molecule has 12 aromatic rings. The van der Waals surface area contributed by atoms with Crippen molar-refractivity contribution < 1.29 is 0 Å². The number of hydrogen-bond acceptors (Lipinski definition) is 5. The number of benzene rings is 8. The van der Waals surface area contributed by atoms with Gasteiger partial charge in [-0.3, -0.25) is 9.13 Å². The SMILES string of the molecule is c1ccc(-c2cc(-c3ccccc3)nc(-n3c4ccccc4c4ccc(-c5ccc6c(c5)c5ccccc5n6-c5nc(-c6ccccc6)nc(-c6ccccc6)n5)cc43)n2)cc1. The highest BCUT2D eigenvalue weighted by molar-refractivity contribution is 6.12. The van der Waals surface area contributed by atoms with E-state index in [9.17, 15) is 0 Å². The van der Waals surface area contributed by atoms with Crippen LogP contribution in [0.15, 0.2) is 212 Å². The molecule has 0 bridgehead atoms. The minimum atomic E-state index is 0.565. The molecule has 7 nitrogen and oxygen atoms in total. The van der Waals surface area contributed by atoms with Gasteiger partial charge in [-0.2, -0.15) is 9.97 Å². The predicted octanol–water partition coefficient (Wildman–Crippen LogP) is 13.2. The second-order valence-electron chi connectivity index (χ2n) is 15.4. The Morgan fingerprint density at radius 3 is 1.21 bits per heavy atom. The van der Waals surface area contributed by atoms with Gasteiger partial charge in [-0.25, -0.2) is 15.0 Å². The minimum absolute atomic E-state index is 0.565. The van der Waals surface area contributed by atoms with Crippen LogP contribution in [0.2, 0.25) is 0 Å². The molecule has 0 unspecified atom stereocenters. The molecule has 0 fully saturated rings. The van der Waals surface area contributed by atoms with E-state index in [0.717, 1.165) is 88.4 Å². The lowest BCUT2D eigenvalue weighted by molar-refractivity contribution is 0.953. The number of aromatic nitrogens is 7. The molecule has 0 radical (unpaired) electrons. The Labute approximate surface area is 356 Å². The van der Waals surface area contributed by atoms with E-state index >= 15 is 0 Å². The van der Waals surface area contributed by atoms with Crippen LogP contribution in [-0.2, 0) is 0 Å². The van der Waals surface area contributed by atoms with E-state index in [1.54, 1.807) is 0 Å². The van der Waals surface area contributed by atoms with Gasteiger partial charge in [-0.15, -0.1) is 0 Å². The minimum Gasteiger partial charge on any atom is -0.278 e. The van der Waals surface area contributed by atoms with Crippen LogP contribution in [0.3, 0.4) is 0 Å². The first-order valence-electron chi connectivity index (χ1n) is 20.7. The number of fused-ring (bicyclic) bond motifs is 6. The molecule has 0 saturated carbocycles. The van der Waals surface area contributed by atoms with Crippen LogP contribution in [0.1, 0.15) is 0 Å². The zero-order chi connectivity index (χ0) is 41.0. The van der Waals surface area contributed by atoms with Crippen LogP contribution >= 0.6 is 0 Å². The number of nitrogens with zero attached hydrogens (tertiary/aromatic N) is 7. The Morgan fingerprint density at radius 2 is 0.645 bits per heavy atom. The van der Waals surface area contributed by atoms with Gasteiger partial charge >= 0.3 is 0 Å². The van der Waals surface area contributed by atoms with E-state index in [1.807, 2.05) is 97.1 Å². The second kappa shape index (κ2) is 14.6. The molecule has 0 aliphatic carbocycles. The second-order valence-corrected chi connectivity index (χ2v) is 15.4. The smallest absolute Gasteiger partial charge is 0.238 e. The van der Waals surface area contributed by atoms with Crippen LogP contribution in [0.5, 0.6) is 0 Å². The summed E-state index contributed by atoms with van der Waals surface area (Å²) in [5.74, 6) is 2.43. The predicted molar refractivity (Wildman–Crippen MR) is 251 cm³/mol. The first kappa shape index (κ1) is 35.4. The first-order valence-corrected chi connectivity index (χ1v) is 20.7. The number of hydrogen-bond donors (Lipinski definition) is 0. The molecule has 0 amide bonds. The van der Waals surface area contributed by atoms with Crippen molar-refractivity contribution in [2.75, 3.05) is 0 Å². The lowest BCUT2D eigenvalue weighted by atomic mass is 10.0. The van der Waals surface area contributed by atoms with E-state index in [1.165, 1.54) is 0 Å². The molecule has 0 atom stereocenters. The average Bonchev–Trinajstić information content (AvgIpc) is 3.87. The molecule has 0 aliphatic rings. The maximum Gasteiger partial charge on any atom is 0.238 e. The van der Waals surface area contributed by atoms with Gasteiger partial charge in [0.05, 0.1) is 33.5 Å². The highest BCUT2D eigenvalue weighted by Gasteiger charge is 2.20. The van der Waals surface area contributed by atoms with Gasteiger partial charge in [-0.1, -0.05) is 176 Å². The van der Waals surface area contributed by atoms with Crippen molar-refractivity contribution in [3.8, 4) is 68.3 Å². The normalized spacial score (nSPS) is 11.5. The molecule has 290 valence electrons. The monoisotopic (exact) mass is 793 g/mol. The summed E-state index contributed by atoms with van der Waals surface area (Å²) in [5, 5.41) is 4.50. The summed E-state index contributed by atoms with van der Waals surface area (Å²) in [6.45, 7) is 0. The van der Waals surface area contributed by atoms with Crippen molar-refractivity contribution in [1.29, 1.82) is 0 Å². The van der Waals surface area contributed by atoms with Gasteiger partial charge in [0.2, 0.25) is 11.9 Å². The van der Waals surface area contributed by atoms with E-state index in [-0.39, 0.29) is 0 Å². The molecule has 0 spiro atoms. The molecule has 7 heteroatoms. The number of rotatable bonds is 7. The van der Waals surface area contributed by atoms with Gasteiger partial charge in [0.25, 0.3) is 0 Å². The summed E-state index contributed by atoms with van der Waals surface area (Å²) in [7, 11) is 0. The van der Waals surface area contributed by atoms with E-state index in [2.05, 4.69) is 124 Å². The summed E-state index contributed by atoms with van der Waals surface area (Å²) in [6, 6.07) is 73.4. The summed E-state index contributed by atoms with van der Waals surface area (Å²) in [4.78, 5) is 25.7. The van der Waals surface area contributed by atoms with Crippen molar-refractivity contribution >= 4 is 43.6 Å². The summed E-state index contributed by atoms with van der Waals surface area (Å²) >= 11 is 0. The van der Waals surface area contributed by atoms with Crippen molar-refractivity contribution in [1.82, 2.24) is 34.1 Å². The molecular weight excluding hydrogens is 759 g/mol. The molecule has 0 aliphatic heterocycles. The topological polar surface area (TPSA) is 74.3 Å². The molecule has 4 heterocycles. The Hall–Kier alpha value is -8.55. The molecule has 12 rings (SSSR count). The summed E-state index contributed by atoms with van der Waals surface area (Å²) in [5.41, 5.74) is 11.9. The molecule has 8 aromatic carbocycles. The van der Waals surface area contributed by atoms with Crippen LogP contribution in [-0.4, -0.2) is 34.1 Å². The summed E-state index contributed by atoms with van der Waals surface area (Å²) < 4.78 is 4.38. The third-order valence-electron chi connectivity index (χ3n) is 11.6. The van der Waals surface area contributed by atoms with Crippen molar-refractivity contribution in [3.63, 3.8) is 0 Å². The Morgan fingerprint density at radius 1 is 0.242 bits per heavy atom. The number of para-hydroxylation sites is 2. The fraction of sp³-hybridized carbons (Fsp3) is 0. The Kier molecular flexibility index (Phi) is 8.35. The van der Waals surface area contributed by atoms with Gasteiger partial charge in [0.15, 0.2) is 11.6 Å². The zero-order valence-corrected chi connectivity index (χ0v) is 33.3. The lowest BCUT2D eigenvalue weighted by Crippen LogP contribution is -2.06. The van der Waals surface area contributed by atoms with Crippen molar-refractivity contribution in [2.24, 2.45) is 0 Å². The van der Waals surface area contributed by atoms with Crippen LogP contribution < -0.4 is 0 Å². The molecule has 0 N–H and O–H groups in total. The largest absolute Gasteiger partial charge is 0.278 e. The van der Waals surface area contributed by atoms with Gasteiger partial charge in [0.1, 0.15) is 0 Å². The maximum absolute atomic E-state index is 5.26. The highest BCUT2D eigenvalue weighted by Crippen LogP contribution is 2.38.